The largest absolute Gasteiger partial charge is 0.478 e. The lowest BCUT2D eigenvalue weighted by Gasteiger charge is -2.18. The van der Waals surface area contributed by atoms with E-state index in [1.54, 1.807) is 60.7 Å². The molecule has 12 nitrogen and oxygen atoms in total. The summed E-state index contributed by atoms with van der Waals surface area (Å²) < 4.78 is 0. The second-order valence-corrected chi connectivity index (χ2v) is 12.9. The van der Waals surface area contributed by atoms with E-state index in [1.165, 1.54) is 24.3 Å². The van der Waals surface area contributed by atoms with E-state index in [2.05, 4.69) is 19.9 Å². The Morgan fingerprint density at radius 2 is 0.963 bits per heavy atom. The van der Waals surface area contributed by atoms with Gasteiger partial charge in [0.05, 0.1) is 27.7 Å². The highest BCUT2D eigenvalue weighted by molar-refractivity contribution is 6.14. The molecular formula is C42H30N4O8. The maximum Gasteiger partial charge on any atom is 0.339 e. The number of allylic oxidation sites excluding steroid dienone is 2. The van der Waals surface area contributed by atoms with Gasteiger partial charge in [-0.2, -0.15) is 0 Å². The van der Waals surface area contributed by atoms with Crippen molar-refractivity contribution in [2.24, 2.45) is 5.92 Å². The van der Waals surface area contributed by atoms with Crippen molar-refractivity contribution in [1.29, 1.82) is 0 Å². The molecule has 6 aromatic rings. The third-order valence-electron chi connectivity index (χ3n) is 9.71. The number of hydrogen-bond donors (Lipinski definition) is 8. The molecule has 54 heavy (non-hydrogen) atoms. The van der Waals surface area contributed by atoms with Gasteiger partial charge in [-0.3, -0.25) is 0 Å². The summed E-state index contributed by atoms with van der Waals surface area (Å²) in [5, 5.41) is 41.6. The maximum absolute atomic E-state index is 12.9. The molecule has 1 unspecified atom stereocenters. The van der Waals surface area contributed by atoms with Crippen LogP contribution in [0, 0.1) is 5.92 Å². The van der Waals surface area contributed by atoms with Gasteiger partial charge in [0.2, 0.25) is 0 Å². The summed E-state index contributed by atoms with van der Waals surface area (Å²) in [6, 6.07) is 27.4. The molecule has 8 bridgehead atoms. The zero-order chi connectivity index (χ0) is 37.7. The number of fused-ring (bicyclic) bond motifs is 8. The van der Waals surface area contributed by atoms with Crippen LogP contribution < -0.4 is 21.4 Å². The Morgan fingerprint density at radius 1 is 0.481 bits per heavy atom. The first-order valence-corrected chi connectivity index (χ1v) is 16.8. The van der Waals surface area contributed by atoms with E-state index in [9.17, 15) is 39.6 Å². The van der Waals surface area contributed by atoms with Gasteiger partial charge in [0.25, 0.3) is 0 Å². The van der Waals surface area contributed by atoms with Crippen molar-refractivity contribution in [2.45, 2.75) is 6.42 Å². The zero-order valence-corrected chi connectivity index (χ0v) is 28.2. The van der Waals surface area contributed by atoms with Gasteiger partial charge in [-0.05, 0) is 90.3 Å². The fraction of sp³-hybridized carbons (Fsp3) is 0.0476. The van der Waals surface area contributed by atoms with Crippen LogP contribution in [-0.4, -0.2) is 64.2 Å². The Bertz CT molecular complexity index is 2860. The van der Waals surface area contributed by atoms with E-state index in [0.29, 0.717) is 67.3 Å². The van der Waals surface area contributed by atoms with Crippen molar-refractivity contribution in [3.8, 4) is 0 Å². The molecule has 0 spiro atoms. The number of aromatic carboxylic acids is 2. The molecule has 1 aliphatic heterocycles. The van der Waals surface area contributed by atoms with Crippen LogP contribution in [0.1, 0.15) is 61.0 Å². The number of rotatable bonds is 7. The first-order valence-electron chi connectivity index (χ1n) is 16.8. The van der Waals surface area contributed by atoms with Gasteiger partial charge in [-0.25, -0.2) is 19.2 Å². The Balaban J connectivity index is 1.46. The summed E-state index contributed by atoms with van der Waals surface area (Å²) in [6.45, 7) is 0. The summed E-state index contributed by atoms with van der Waals surface area (Å²) >= 11 is 0. The number of carboxylic acids is 4. The molecule has 2 aromatic carbocycles. The summed E-state index contributed by atoms with van der Waals surface area (Å²) in [5.74, 6) is -4.61. The number of hydrogen-bond acceptors (Lipinski definition) is 4. The standard InChI is InChI=1S/C42H30N4O8/c47-39(48)24-7-1-21(2-8-24)35-27-13-15-29(43-27)36(22-3-9-25(10-4-22)40(49)50)31-17-19-33(45-31)38(42(53)54)34-20-18-32(46-34)37(30-16-14-28(35)44-30)23-5-11-26(12-6-23)41(51)52/h1-5,7-20,23,43-46H,6H2,(H,47,48)(H,49,50)(H,51,52)(H,53,54). The van der Waals surface area contributed by atoms with Gasteiger partial charge >= 0.3 is 23.9 Å². The summed E-state index contributed by atoms with van der Waals surface area (Å²) in [7, 11) is 0. The molecule has 266 valence electrons. The topological polar surface area (TPSA) is 212 Å². The second kappa shape index (κ2) is 13.2. The number of aromatic amines is 4. The van der Waals surface area contributed by atoms with Crippen LogP contribution in [0.15, 0.2) is 121 Å². The van der Waals surface area contributed by atoms with Crippen molar-refractivity contribution in [1.82, 2.24) is 19.9 Å². The lowest BCUT2D eigenvalue weighted by atomic mass is 9.88. The van der Waals surface area contributed by atoms with Crippen LogP contribution in [-0.2, 0) is 9.59 Å². The second-order valence-electron chi connectivity index (χ2n) is 12.9. The maximum atomic E-state index is 12.9. The number of nitrogens with one attached hydrogen (secondary N) is 4. The molecule has 0 saturated heterocycles. The normalized spacial score (nSPS) is 15.3. The van der Waals surface area contributed by atoms with Crippen molar-refractivity contribution in [3.63, 3.8) is 0 Å². The predicted octanol–water partition coefficient (Wildman–Crippen LogP) is 3.27. The lowest BCUT2D eigenvalue weighted by Crippen LogP contribution is -2.22. The summed E-state index contributed by atoms with van der Waals surface area (Å²) in [6.07, 6.45) is 5.43. The van der Waals surface area contributed by atoms with Crippen molar-refractivity contribution >= 4 is 46.2 Å². The van der Waals surface area contributed by atoms with Crippen LogP contribution in [0.25, 0.3) is 22.3 Å². The minimum Gasteiger partial charge on any atom is -0.478 e. The Labute approximate surface area is 304 Å². The first kappa shape index (κ1) is 33.5. The SMILES string of the molecule is O=C(O)C1=CCC(C2=c3ccc([nH]3)=C(C(=O)O)c3ccc([nH]3)C(c3ccc(C(=O)O)cc3)=c3ccc([nH]3)=C(c3ccc(C(=O)O)cc3)c3ccc2[nH]3)C=C1. The van der Waals surface area contributed by atoms with E-state index >= 15 is 0 Å². The van der Waals surface area contributed by atoms with E-state index in [4.69, 9.17) is 0 Å². The minimum atomic E-state index is -1.17. The predicted molar refractivity (Wildman–Crippen MR) is 197 cm³/mol. The highest BCUT2D eigenvalue weighted by Gasteiger charge is 2.23. The highest BCUT2D eigenvalue weighted by Crippen LogP contribution is 2.31. The van der Waals surface area contributed by atoms with Gasteiger partial charge in [-0.1, -0.05) is 42.5 Å². The molecule has 0 saturated carbocycles. The highest BCUT2D eigenvalue weighted by atomic mass is 16.4. The third-order valence-corrected chi connectivity index (χ3v) is 9.71. The van der Waals surface area contributed by atoms with Gasteiger partial charge in [-0.15, -0.1) is 0 Å². The number of H-pyrrole nitrogens is 4. The van der Waals surface area contributed by atoms with Crippen LogP contribution >= 0.6 is 0 Å². The van der Waals surface area contributed by atoms with Crippen molar-refractivity contribution in [3.05, 3.63) is 187 Å². The molecule has 5 heterocycles. The Morgan fingerprint density at radius 3 is 1.46 bits per heavy atom. The fourth-order valence-corrected chi connectivity index (χ4v) is 7.15. The van der Waals surface area contributed by atoms with Crippen LogP contribution in [0.3, 0.4) is 0 Å². The van der Waals surface area contributed by atoms with Crippen LogP contribution in [0.2, 0.25) is 0 Å². The molecule has 8 rings (SSSR count). The molecule has 12 heteroatoms. The summed E-state index contributed by atoms with van der Waals surface area (Å²) in [5.41, 5.74) is 6.22. The van der Waals surface area contributed by atoms with E-state index in [1.807, 2.05) is 30.3 Å². The number of aliphatic carboxylic acids is 2. The molecule has 2 aliphatic rings. The fourth-order valence-electron chi connectivity index (χ4n) is 7.15. The summed E-state index contributed by atoms with van der Waals surface area (Å²) in [4.78, 5) is 61.8. The monoisotopic (exact) mass is 718 g/mol. The average molecular weight is 719 g/mol. The molecular weight excluding hydrogens is 688 g/mol. The van der Waals surface area contributed by atoms with Gasteiger partial charge in [0.15, 0.2) is 0 Å². The zero-order valence-electron chi connectivity index (χ0n) is 28.2. The van der Waals surface area contributed by atoms with Crippen LogP contribution in [0.4, 0.5) is 0 Å². The average Bonchev–Trinajstić information content (AvgIpc) is 4.00. The van der Waals surface area contributed by atoms with Crippen LogP contribution in [0.5, 0.6) is 0 Å². The van der Waals surface area contributed by atoms with E-state index in [-0.39, 0.29) is 28.2 Å². The number of carbonyl (C=O) groups is 4. The van der Waals surface area contributed by atoms with E-state index < -0.39 is 23.9 Å². The Hall–Kier alpha value is -7.60. The quantitative estimate of drug-likeness (QED) is 0.122. The molecule has 0 radical (unpaired) electrons. The number of benzene rings is 2. The van der Waals surface area contributed by atoms with E-state index in [0.717, 1.165) is 11.1 Å². The third kappa shape index (κ3) is 5.97. The minimum absolute atomic E-state index is 0.00783. The molecule has 1 aliphatic carbocycles. The van der Waals surface area contributed by atoms with Gasteiger partial charge in [0, 0.05) is 55.8 Å². The number of aromatic nitrogens is 4. The van der Waals surface area contributed by atoms with Crippen molar-refractivity contribution in [2.75, 3.05) is 0 Å². The first-order chi connectivity index (χ1) is 26.0. The molecule has 1 atom stereocenters. The molecule has 4 aromatic heterocycles. The number of carboxylic acid groups (broad SMARTS) is 4. The molecule has 0 amide bonds. The molecule has 8 N–H and O–H groups in total. The Kier molecular flexibility index (Phi) is 8.19. The van der Waals surface area contributed by atoms with Crippen molar-refractivity contribution < 1.29 is 39.6 Å². The van der Waals surface area contributed by atoms with Gasteiger partial charge < -0.3 is 40.4 Å². The lowest BCUT2D eigenvalue weighted by molar-refractivity contribution is -0.132. The smallest absolute Gasteiger partial charge is 0.339 e. The molecule has 0 fully saturated rings. The van der Waals surface area contributed by atoms with Gasteiger partial charge in [0.1, 0.15) is 5.57 Å².